The normalized spacial score (nSPS) is 11.8. The molecule has 0 aliphatic heterocycles. The number of methoxy groups -OCH3 is 1. The predicted octanol–water partition coefficient (Wildman–Crippen LogP) is 3.64. The summed E-state index contributed by atoms with van der Waals surface area (Å²) in [6, 6.07) is 7.63. The molecule has 5 nitrogen and oxygen atoms in total. The van der Waals surface area contributed by atoms with Crippen molar-refractivity contribution in [2.75, 3.05) is 12.8 Å². The Bertz CT molecular complexity index is 708. The summed E-state index contributed by atoms with van der Waals surface area (Å²) in [6.07, 6.45) is 0. The lowest BCUT2D eigenvalue weighted by atomic mass is 10.0. The summed E-state index contributed by atoms with van der Waals surface area (Å²) in [5.74, 6) is 0.940. The van der Waals surface area contributed by atoms with Crippen LogP contribution in [0.15, 0.2) is 29.3 Å². The first-order chi connectivity index (χ1) is 10.5. The molecular formula is C17H22N4O. The Morgan fingerprint density at radius 3 is 2.55 bits per heavy atom. The number of aliphatic imine (C=N–C) groups is 1. The summed E-state index contributed by atoms with van der Waals surface area (Å²) in [4.78, 5) is 4.67. The van der Waals surface area contributed by atoms with Crippen LogP contribution in [0.1, 0.15) is 43.6 Å². The molecule has 1 heterocycles. The van der Waals surface area contributed by atoms with Crippen molar-refractivity contribution in [2.45, 2.75) is 33.6 Å². The van der Waals surface area contributed by atoms with Gasteiger partial charge in [-0.2, -0.15) is 10.2 Å². The average Bonchev–Trinajstić information content (AvgIpc) is 2.47. The molecule has 0 aliphatic carbocycles. The van der Waals surface area contributed by atoms with Gasteiger partial charge >= 0.3 is 0 Å². The van der Waals surface area contributed by atoms with E-state index in [4.69, 9.17) is 10.5 Å². The second-order valence-electron chi connectivity index (χ2n) is 5.48. The highest BCUT2D eigenvalue weighted by Gasteiger charge is 2.16. The standard InChI is InChI=1S/C17H22N4O/c1-10(2)17-16(18)15(12(4)20-21-17)11(3)19-13-8-6-7-9-14(13)22-5/h6-10H,1-5H3,(H2,18,20). The van der Waals surface area contributed by atoms with Gasteiger partial charge in [-0.1, -0.05) is 26.0 Å². The van der Waals surface area contributed by atoms with E-state index < -0.39 is 0 Å². The van der Waals surface area contributed by atoms with Crippen LogP contribution >= 0.6 is 0 Å². The van der Waals surface area contributed by atoms with Crippen molar-refractivity contribution in [2.24, 2.45) is 4.99 Å². The molecule has 0 bridgehead atoms. The van der Waals surface area contributed by atoms with Crippen molar-refractivity contribution < 1.29 is 4.74 Å². The molecule has 2 aromatic rings. The molecule has 0 spiro atoms. The van der Waals surface area contributed by atoms with E-state index in [0.29, 0.717) is 5.69 Å². The second kappa shape index (κ2) is 6.56. The smallest absolute Gasteiger partial charge is 0.144 e. The fraction of sp³-hybridized carbons (Fsp3) is 0.353. The maximum absolute atomic E-state index is 6.30. The molecule has 2 N–H and O–H groups in total. The van der Waals surface area contributed by atoms with Crippen molar-refractivity contribution in [3.63, 3.8) is 0 Å². The Labute approximate surface area is 131 Å². The highest BCUT2D eigenvalue weighted by molar-refractivity contribution is 6.05. The molecule has 116 valence electrons. The van der Waals surface area contributed by atoms with Crippen LogP contribution in [0.4, 0.5) is 11.4 Å². The molecule has 0 amide bonds. The van der Waals surface area contributed by atoms with Crippen LogP contribution in [0, 0.1) is 6.92 Å². The van der Waals surface area contributed by atoms with Crippen molar-refractivity contribution in [3.05, 3.63) is 41.2 Å². The van der Waals surface area contributed by atoms with E-state index >= 15 is 0 Å². The fourth-order valence-corrected chi connectivity index (χ4v) is 2.40. The van der Waals surface area contributed by atoms with E-state index in [0.717, 1.165) is 34.1 Å². The fourth-order valence-electron chi connectivity index (χ4n) is 2.40. The molecule has 0 aliphatic rings. The highest BCUT2D eigenvalue weighted by Crippen LogP contribution is 2.29. The number of nitrogens with two attached hydrogens (primary N) is 1. The van der Waals surface area contributed by atoms with E-state index in [1.54, 1.807) is 7.11 Å². The Morgan fingerprint density at radius 1 is 1.23 bits per heavy atom. The predicted molar refractivity (Wildman–Crippen MR) is 90.1 cm³/mol. The van der Waals surface area contributed by atoms with E-state index in [2.05, 4.69) is 15.2 Å². The largest absolute Gasteiger partial charge is 0.494 e. The lowest BCUT2D eigenvalue weighted by Gasteiger charge is -2.14. The first-order valence-corrected chi connectivity index (χ1v) is 7.27. The van der Waals surface area contributed by atoms with Crippen LogP contribution in [0.5, 0.6) is 5.75 Å². The van der Waals surface area contributed by atoms with Crippen molar-refractivity contribution in [1.82, 2.24) is 10.2 Å². The van der Waals surface area contributed by atoms with Gasteiger partial charge in [-0.15, -0.1) is 0 Å². The zero-order valence-electron chi connectivity index (χ0n) is 13.7. The number of anilines is 1. The Balaban J connectivity index is 2.56. The molecular weight excluding hydrogens is 276 g/mol. The van der Waals surface area contributed by atoms with Gasteiger partial charge in [0.25, 0.3) is 0 Å². The molecule has 5 heteroatoms. The number of nitrogen functional groups attached to an aromatic ring is 1. The Morgan fingerprint density at radius 2 is 1.91 bits per heavy atom. The van der Waals surface area contributed by atoms with Crippen LogP contribution in [0.25, 0.3) is 0 Å². The number of ether oxygens (including phenoxy) is 1. The number of hydrogen-bond acceptors (Lipinski definition) is 5. The summed E-state index contributed by atoms with van der Waals surface area (Å²) >= 11 is 0. The van der Waals surface area contributed by atoms with E-state index in [1.807, 2.05) is 52.0 Å². The van der Waals surface area contributed by atoms with Gasteiger partial charge < -0.3 is 10.5 Å². The van der Waals surface area contributed by atoms with Crippen LogP contribution in [-0.2, 0) is 0 Å². The lowest BCUT2D eigenvalue weighted by molar-refractivity contribution is 0.416. The third-order valence-corrected chi connectivity index (χ3v) is 3.50. The first kappa shape index (κ1) is 15.9. The minimum absolute atomic E-state index is 0.214. The van der Waals surface area contributed by atoms with E-state index in [-0.39, 0.29) is 5.92 Å². The van der Waals surface area contributed by atoms with Gasteiger partial charge in [0.2, 0.25) is 0 Å². The van der Waals surface area contributed by atoms with Gasteiger partial charge in [-0.25, -0.2) is 4.99 Å². The zero-order chi connectivity index (χ0) is 16.3. The number of aromatic nitrogens is 2. The number of rotatable bonds is 4. The molecule has 0 fully saturated rings. The topological polar surface area (TPSA) is 73.4 Å². The van der Waals surface area contributed by atoms with Gasteiger partial charge in [0, 0.05) is 11.3 Å². The number of benzene rings is 1. The maximum atomic E-state index is 6.30. The van der Waals surface area contributed by atoms with Crippen molar-refractivity contribution in [1.29, 1.82) is 0 Å². The lowest BCUT2D eigenvalue weighted by Crippen LogP contribution is -2.12. The van der Waals surface area contributed by atoms with Crippen LogP contribution < -0.4 is 10.5 Å². The SMILES string of the molecule is COc1ccccc1N=C(C)c1c(C)nnc(C(C)C)c1N. The van der Waals surface area contributed by atoms with Gasteiger partial charge in [-0.05, 0) is 31.9 Å². The highest BCUT2D eigenvalue weighted by atomic mass is 16.5. The minimum atomic E-state index is 0.214. The number of aryl methyl sites for hydroxylation is 1. The summed E-state index contributed by atoms with van der Waals surface area (Å²) in [6.45, 7) is 7.92. The number of hydrogen-bond donors (Lipinski definition) is 1. The maximum Gasteiger partial charge on any atom is 0.144 e. The summed E-state index contributed by atoms with van der Waals surface area (Å²) in [7, 11) is 1.63. The summed E-state index contributed by atoms with van der Waals surface area (Å²) in [5, 5.41) is 8.43. The molecule has 0 atom stereocenters. The first-order valence-electron chi connectivity index (χ1n) is 7.27. The summed E-state index contributed by atoms with van der Waals surface area (Å²) in [5.41, 5.74) is 10.9. The molecule has 1 aromatic carbocycles. The van der Waals surface area contributed by atoms with Crippen LogP contribution in [0.3, 0.4) is 0 Å². The van der Waals surface area contributed by atoms with Crippen molar-refractivity contribution in [3.8, 4) is 5.75 Å². The zero-order valence-corrected chi connectivity index (χ0v) is 13.7. The van der Waals surface area contributed by atoms with Crippen LogP contribution in [0.2, 0.25) is 0 Å². The Hall–Kier alpha value is -2.43. The molecule has 22 heavy (non-hydrogen) atoms. The van der Waals surface area contributed by atoms with Crippen molar-refractivity contribution >= 4 is 17.1 Å². The summed E-state index contributed by atoms with van der Waals surface area (Å²) < 4.78 is 5.34. The second-order valence-corrected chi connectivity index (χ2v) is 5.48. The quantitative estimate of drug-likeness (QED) is 0.875. The molecule has 0 unspecified atom stereocenters. The molecule has 0 saturated heterocycles. The molecule has 0 radical (unpaired) electrons. The number of para-hydroxylation sites is 2. The minimum Gasteiger partial charge on any atom is -0.494 e. The monoisotopic (exact) mass is 298 g/mol. The third-order valence-electron chi connectivity index (χ3n) is 3.50. The van der Waals surface area contributed by atoms with E-state index in [1.165, 1.54) is 0 Å². The number of nitrogens with zero attached hydrogens (tertiary/aromatic N) is 3. The Kier molecular flexibility index (Phi) is 4.75. The van der Waals surface area contributed by atoms with Crippen LogP contribution in [-0.4, -0.2) is 23.0 Å². The van der Waals surface area contributed by atoms with Gasteiger partial charge in [0.05, 0.1) is 24.2 Å². The molecule has 0 saturated carbocycles. The van der Waals surface area contributed by atoms with Gasteiger partial charge in [0.1, 0.15) is 11.4 Å². The third kappa shape index (κ3) is 3.08. The average molecular weight is 298 g/mol. The molecule has 1 aromatic heterocycles. The van der Waals surface area contributed by atoms with Gasteiger partial charge in [0.15, 0.2) is 0 Å². The van der Waals surface area contributed by atoms with Gasteiger partial charge in [-0.3, -0.25) is 0 Å². The van der Waals surface area contributed by atoms with E-state index in [9.17, 15) is 0 Å². The molecule has 2 rings (SSSR count).